The Kier molecular flexibility index (Phi) is 5.48. The van der Waals surface area contributed by atoms with Gasteiger partial charge in [-0.3, -0.25) is 4.79 Å². The highest BCUT2D eigenvalue weighted by Crippen LogP contribution is 2.20. The molecule has 110 valence electrons. The number of rotatable bonds is 5. The summed E-state index contributed by atoms with van der Waals surface area (Å²) < 4.78 is 0. The van der Waals surface area contributed by atoms with E-state index in [1.165, 1.54) is 0 Å². The van der Waals surface area contributed by atoms with Gasteiger partial charge < -0.3 is 10.2 Å². The van der Waals surface area contributed by atoms with Crippen LogP contribution in [0.15, 0.2) is 48.5 Å². The van der Waals surface area contributed by atoms with E-state index in [2.05, 4.69) is 5.32 Å². The highest BCUT2D eigenvalue weighted by Gasteiger charge is 2.08. The molecule has 0 spiro atoms. The van der Waals surface area contributed by atoms with Crippen molar-refractivity contribution in [3.05, 3.63) is 64.1 Å². The van der Waals surface area contributed by atoms with E-state index in [4.69, 9.17) is 23.2 Å². The number of nitrogens with zero attached hydrogens (tertiary/aromatic N) is 1. The number of hydrogen-bond acceptors (Lipinski definition) is 2. The number of carbonyl (C=O) groups excluding carboxylic acids is 1. The lowest BCUT2D eigenvalue weighted by Crippen LogP contribution is -2.34. The van der Waals surface area contributed by atoms with E-state index in [0.29, 0.717) is 16.6 Å². The van der Waals surface area contributed by atoms with Crippen molar-refractivity contribution >= 4 is 34.8 Å². The molecule has 0 aliphatic heterocycles. The van der Waals surface area contributed by atoms with E-state index in [9.17, 15) is 4.79 Å². The lowest BCUT2D eigenvalue weighted by molar-refractivity contribution is -0.119. The van der Waals surface area contributed by atoms with Crippen LogP contribution in [0.2, 0.25) is 10.0 Å². The van der Waals surface area contributed by atoms with Gasteiger partial charge in [-0.05, 0) is 29.8 Å². The van der Waals surface area contributed by atoms with Gasteiger partial charge >= 0.3 is 0 Å². The van der Waals surface area contributed by atoms with Crippen LogP contribution in [0.1, 0.15) is 5.56 Å². The van der Waals surface area contributed by atoms with Gasteiger partial charge in [-0.2, -0.15) is 0 Å². The minimum Gasteiger partial charge on any atom is -0.365 e. The molecule has 5 heteroatoms. The molecule has 2 rings (SSSR count). The molecule has 21 heavy (non-hydrogen) atoms. The fourth-order valence-corrected chi connectivity index (χ4v) is 2.38. The van der Waals surface area contributed by atoms with E-state index in [-0.39, 0.29) is 12.5 Å². The molecule has 2 aromatic rings. The molecule has 0 aliphatic rings. The fourth-order valence-electron chi connectivity index (χ4n) is 1.90. The van der Waals surface area contributed by atoms with Crippen LogP contribution in [0.25, 0.3) is 0 Å². The summed E-state index contributed by atoms with van der Waals surface area (Å²) in [5.74, 6) is -0.0626. The summed E-state index contributed by atoms with van der Waals surface area (Å²) in [5.41, 5.74) is 1.84. The molecule has 3 nitrogen and oxygen atoms in total. The number of halogens is 2. The van der Waals surface area contributed by atoms with Gasteiger partial charge in [0.1, 0.15) is 0 Å². The first-order valence-electron chi connectivity index (χ1n) is 6.53. The van der Waals surface area contributed by atoms with Gasteiger partial charge in [0.2, 0.25) is 5.91 Å². The highest BCUT2D eigenvalue weighted by atomic mass is 35.5. The first-order chi connectivity index (χ1) is 10.1. The van der Waals surface area contributed by atoms with Crippen molar-refractivity contribution in [3.63, 3.8) is 0 Å². The van der Waals surface area contributed by atoms with Gasteiger partial charge in [0.25, 0.3) is 0 Å². The van der Waals surface area contributed by atoms with E-state index in [1.807, 2.05) is 48.3 Å². The number of amides is 1. The van der Waals surface area contributed by atoms with Crippen molar-refractivity contribution in [2.45, 2.75) is 6.54 Å². The summed E-state index contributed by atoms with van der Waals surface area (Å²) in [6.45, 7) is 0.673. The molecule has 0 heterocycles. The summed E-state index contributed by atoms with van der Waals surface area (Å²) in [6, 6.07) is 15.0. The molecule has 1 amide bonds. The number of para-hydroxylation sites is 1. The molecule has 0 saturated heterocycles. The van der Waals surface area contributed by atoms with Crippen LogP contribution >= 0.6 is 23.2 Å². The first-order valence-corrected chi connectivity index (χ1v) is 7.28. The fraction of sp³-hybridized carbons (Fsp3) is 0.188. The third kappa shape index (κ3) is 4.66. The van der Waals surface area contributed by atoms with Gasteiger partial charge in [0, 0.05) is 29.3 Å². The molecule has 2 aromatic carbocycles. The normalized spacial score (nSPS) is 10.2. The molecule has 0 aliphatic carbocycles. The monoisotopic (exact) mass is 322 g/mol. The Morgan fingerprint density at radius 3 is 2.52 bits per heavy atom. The standard InChI is InChI=1S/C16H16Cl2N2O/c1-20(14-5-3-2-4-6-14)11-16(21)19-10-12-7-8-13(17)9-15(12)18/h2-9H,10-11H2,1H3,(H,19,21). The zero-order valence-electron chi connectivity index (χ0n) is 11.6. The summed E-state index contributed by atoms with van der Waals surface area (Å²) in [4.78, 5) is 13.8. The van der Waals surface area contributed by atoms with E-state index >= 15 is 0 Å². The predicted molar refractivity (Wildman–Crippen MR) is 88.0 cm³/mol. The summed E-state index contributed by atoms with van der Waals surface area (Å²) in [6.07, 6.45) is 0. The number of likely N-dealkylation sites (N-methyl/N-ethyl adjacent to an activating group) is 1. The maximum Gasteiger partial charge on any atom is 0.239 e. The average molecular weight is 323 g/mol. The molecular formula is C16H16Cl2N2O. The number of hydrogen-bond donors (Lipinski definition) is 1. The van der Waals surface area contributed by atoms with Gasteiger partial charge in [-0.25, -0.2) is 0 Å². The van der Waals surface area contributed by atoms with Crippen LogP contribution in [-0.4, -0.2) is 19.5 Å². The summed E-state index contributed by atoms with van der Waals surface area (Å²) >= 11 is 11.9. The zero-order valence-corrected chi connectivity index (χ0v) is 13.2. The van der Waals surface area contributed by atoms with Crippen molar-refractivity contribution in [1.82, 2.24) is 5.32 Å². The van der Waals surface area contributed by atoms with E-state index in [0.717, 1.165) is 11.3 Å². The lowest BCUT2D eigenvalue weighted by Gasteiger charge is -2.18. The molecule has 0 radical (unpaired) electrons. The zero-order chi connectivity index (χ0) is 15.2. The van der Waals surface area contributed by atoms with Crippen LogP contribution in [0.3, 0.4) is 0 Å². The molecule has 1 N–H and O–H groups in total. The Balaban J connectivity index is 1.87. The lowest BCUT2D eigenvalue weighted by atomic mass is 10.2. The van der Waals surface area contributed by atoms with Crippen molar-refractivity contribution in [2.75, 3.05) is 18.5 Å². The Morgan fingerprint density at radius 1 is 1.14 bits per heavy atom. The average Bonchev–Trinajstić information content (AvgIpc) is 2.47. The maximum atomic E-state index is 12.0. The van der Waals surface area contributed by atoms with Crippen LogP contribution in [0.5, 0.6) is 0 Å². The molecule has 0 fully saturated rings. The number of nitrogens with one attached hydrogen (secondary N) is 1. The van der Waals surface area contributed by atoms with Gasteiger partial charge in [0.15, 0.2) is 0 Å². The van der Waals surface area contributed by atoms with E-state index < -0.39 is 0 Å². The van der Waals surface area contributed by atoms with Gasteiger partial charge in [-0.1, -0.05) is 47.5 Å². The smallest absolute Gasteiger partial charge is 0.239 e. The van der Waals surface area contributed by atoms with Gasteiger partial charge in [-0.15, -0.1) is 0 Å². The number of benzene rings is 2. The third-order valence-corrected chi connectivity index (χ3v) is 3.66. The Bertz CT molecular complexity index is 617. The van der Waals surface area contributed by atoms with Crippen molar-refractivity contribution < 1.29 is 4.79 Å². The quantitative estimate of drug-likeness (QED) is 0.909. The Hall–Kier alpha value is -1.71. The molecule has 0 saturated carbocycles. The SMILES string of the molecule is CN(CC(=O)NCc1ccc(Cl)cc1Cl)c1ccccc1. The second-order valence-electron chi connectivity index (χ2n) is 4.70. The van der Waals surface area contributed by atoms with Gasteiger partial charge in [0.05, 0.1) is 6.54 Å². The second-order valence-corrected chi connectivity index (χ2v) is 5.55. The molecule has 0 aromatic heterocycles. The van der Waals surface area contributed by atoms with Crippen molar-refractivity contribution in [1.29, 1.82) is 0 Å². The van der Waals surface area contributed by atoms with E-state index in [1.54, 1.807) is 12.1 Å². The first kappa shape index (κ1) is 15.7. The van der Waals surface area contributed by atoms with Crippen LogP contribution in [0, 0.1) is 0 Å². The van der Waals surface area contributed by atoms with Crippen molar-refractivity contribution in [2.24, 2.45) is 0 Å². The predicted octanol–water partition coefficient (Wildman–Crippen LogP) is 3.75. The number of anilines is 1. The Labute approximate surface area is 134 Å². The number of carbonyl (C=O) groups is 1. The summed E-state index contributed by atoms with van der Waals surface area (Å²) in [5, 5.41) is 3.99. The largest absolute Gasteiger partial charge is 0.365 e. The van der Waals surface area contributed by atoms with Crippen LogP contribution in [-0.2, 0) is 11.3 Å². The molecule has 0 bridgehead atoms. The highest BCUT2D eigenvalue weighted by molar-refractivity contribution is 6.35. The second kappa shape index (κ2) is 7.34. The molecular weight excluding hydrogens is 307 g/mol. The van der Waals surface area contributed by atoms with Crippen LogP contribution in [0.4, 0.5) is 5.69 Å². The van der Waals surface area contributed by atoms with Crippen LogP contribution < -0.4 is 10.2 Å². The molecule has 0 unspecified atom stereocenters. The Morgan fingerprint density at radius 2 is 1.86 bits per heavy atom. The molecule has 0 atom stereocenters. The topological polar surface area (TPSA) is 32.3 Å². The third-order valence-electron chi connectivity index (χ3n) is 3.07. The minimum atomic E-state index is -0.0626. The maximum absolute atomic E-state index is 12.0. The van der Waals surface area contributed by atoms with Crippen molar-refractivity contribution in [3.8, 4) is 0 Å². The minimum absolute atomic E-state index is 0.0626. The summed E-state index contributed by atoms with van der Waals surface area (Å²) in [7, 11) is 1.88.